The van der Waals surface area contributed by atoms with E-state index in [0.29, 0.717) is 23.5 Å². The third kappa shape index (κ3) is 7.34. The molecule has 0 unspecified atom stereocenters. The Labute approximate surface area is 215 Å². The van der Waals surface area contributed by atoms with Crippen molar-refractivity contribution < 1.29 is 29.3 Å². The van der Waals surface area contributed by atoms with Gasteiger partial charge in [-0.15, -0.1) is 0 Å². The van der Waals surface area contributed by atoms with Crippen molar-refractivity contribution in [3.05, 3.63) is 88.5 Å². The third-order valence-corrected chi connectivity index (χ3v) is 5.92. The van der Waals surface area contributed by atoms with Crippen LogP contribution < -0.4 is 5.32 Å². The van der Waals surface area contributed by atoms with Crippen LogP contribution in [0.1, 0.15) is 65.5 Å². The van der Waals surface area contributed by atoms with Gasteiger partial charge < -0.3 is 20.6 Å². The summed E-state index contributed by atoms with van der Waals surface area (Å²) in [5.41, 5.74) is 3.87. The van der Waals surface area contributed by atoms with E-state index < -0.39 is 30.4 Å². The number of carbonyl (C=O) groups is 2. The highest BCUT2D eigenvalue weighted by Gasteiger charge is 2.25. The number of benzene rings is 2. The summed E-state index contributed by atoms with van der Waals surface area (Å²) < 4.78 is 15.1. The molecule has 3 aromatic rings. The smallest absolute Gasteiger partial charge is 0.305 e. The van der Waals surface area contributed by atoms with E-state index in [1.807, 2.05) is 45.0 Å². The van der Waals surface area contributed by atoms with Gasteiger partial charge in [0.15, 0.2) is 5.69 Å². The first-order chi connectivity index (χ1) is 17.6. The molecule has 9 heteroatoms. The Hall–Kier alpha value is -3.82. The molecule has 37 heavy (non-hydrogen) atoms. The van der Waals surface area contributed by atoms with Gasteiger partial charge in [0.25, 0.3) is 5.91 Å². The Bertz CT molecular complexity index is 1270. The Balaban J connectivity index is 1.98. The average Bonchev–Trinajstić information content (AvgIpc) is 3.22. The summed E-state index contributed by atoms with van der Waals surface area (Å²) >= 11 is 0. The highest BCUT2D eigenvalue weighted by molar-refractivity contribution is 5.95. The standard InChI is InChI=1S/C28H32FN3O5/c1-17(2)26-24(13-12-22(33)14-23(34)15-25(35)36)32(21-10-8-20(29)9-11-21)31-27(26)28(37)30-16-19-7-5-4-6-18(19)3/h4-13,17,22-23,33-34H,14-16H2,1-3H3,(H,30,37)(H,35,36)/b13-12+/t22-,23+/m0/s1. The van der Waals surface area contributed by atoms with E-state index >= 15 is 0 Å². The molecule has 0 radical (unpaired) electrons. The largest absolute Gasteiger partial charge is 0.481 e. The lowest BCUT2D eigenvalue weighted by Gasteiger charge is -2.12. The molecule has 1 heterocycles. The van der Waals surface area contributed by atoms with E-state index in [0.717, 1.165) is 11.1 Å². The van der Waals surface area contributed by atoms with Gasteiger partial charge in [-0.05, 0) is 54.3 Å². The molecule has 0 saturated heterocycles. The summed E-state index contributed by atoms with van der Waals surface area (Å²) in [6.45, 7) is 6.10. The fourth-order valence-electron chi connectivity index (χ4n) is 4.03. The van der Waals surface area contributed by atoms with Crippen LogP contribution >= 0.6 is 0 Å². The lowest BCUT2D eigenvalue weighted by atomic mass is 9.98. The van der Waals surface area contributed by atoms with Gasteiger partial charge in [0, 0.05) is 18.5 Å². The van der Waals surface area contributed by atoms with Gasteiger partial charge >= 0.3 is 5.97 Å². The number of aliphatic hydroxyl groups is 2. The van der Waals surface area contributed by atoms with E-state index in [1.165, 1.54) is 35.0 Å². The second kappa shape index (κ2) is 12.4. The Morgan fingerprint density at radius 1 is 1.11 bits per heavy atom. The SMILES string of the molecule is Cc1ccccc1CNC(=O)c1nn(-c2ccc(F)cc2)c(/C=C/[C@H](O)C[C@@H](O)CC(=O)O)c1C(C)C. The lowest BCUT2D eigenvalue weighted by Crippen LogP contribution is -2.25. The number of carboxylic acids is 1. The molecule has 0 spiro atoms. The van der Waals surface area contributed by atoms with Crippen LogP contribution in [0.4, 0.5) is 4.39 Å². The van der Waals surface area contributed by atoms with E-state index in [1.54, 1.807) is 6.08 Å². The molecule has 0 aliphatic heterocycles. The Morgan fingerprint density at radius 3 is 2.41 bits per heavy atom. The van der Waals surface area contributed by atoms with Crippen molar-refractivity contribution in [1.29, 1.82) is 0 Å². The van der Waals surface area contributed by atoms with Crippen molar-refractivity contribution in [1.82, 2.24) is 15.1 Å². The molecule has 4 N–H and O–H groups in total. The van der Waals surface area contributed by atoms with Crippen molar-refractivity contribution in [2.75, 3.05) is 0 Å². The number of carboxylic acid groups (broad SMARTS) is 1. The number of aryl methyl sites for hydroxylation is 1. The number of aliphatic carboxylic acids is 1. The number of rotatable bonds is 11. The minimum atomic E-state index is -1.22. The van der Waals surface area contributed by atoms with Gasteiger partial charge in [-0.1, -0.05) is 44.2 Å². The number of hydrogen-bond donors (Lipinski definition) is 4. The van der Waals surface area contributed by atoms with Crippen molar-refractivity contribution in [2.45, 2.75) is 58.3 Å². The minimum absolute atomic E-state index is 0.136. The normalized spacial score (nSPS) is 13.2. The van der Waals surface area contributed by atoms with Crippen LogP contribution in [0.3, 0.4) is 0 Å². The van der Waals surface area contributed by atoms with Crippen molar-refractivity contribution >= 4 is 18.0 Å². The van der Waals surface area contributed by atoms with E-state index in [-0.39, 0.29) is 23.9 Å². The minimum Gasteiger partial charge on any atom is -0.481 e. The van der Waals surface area contributed by atoms with Crippen molar-refractivity contribution in [3.63, 3.8) is 0 Å². The quantitative estimate of drug-likeness (QED) is 0.310. The maximum absolute atomic E-state index is 13.6. The van der Waals surface area contributed by atoms with Gasteiger partial charge in [0.05, 0.1) is 30.0 Å². The first-order valence-electron chi connectivity index (χ1n) is 12.0. The molecule has 3 rings (SSSR count). The van der Waals surface area contributed by atoms with Crippen LogP contribution in [0.15, 0.2) is 54.6 Å². The highest BCUT2D eigenvalue weighted by Crippen LogP contribution is 2.28. The van der Waals surface area contributed by atoms with Gasteiger partial charge in [0.2, 0.25) is 0 Å². The fraction of sp³-hybridized carbons (Fsp3) is 0.321. The summed E-state index contributed by atoms with van der Waals surface area (Å²) in [6.07, 6.45) is -0.00381. The topological polar surface area (TPSA) is 125 Å². The van der Waals surface area contributed by atoms with Gasteiger partial charge in [-0.2, -0.15) is 5.10 Å². The number of carbonyl (C=O) groups excluding carboxylic acids is 1. The summed E-state index contributed by atoms with van der Waals surface area (Å²) in [4.78, 5) is 24.1. The van der Waals surface area contributed by atoms with E-state index in [2.05, 4.69) is 10.4 Å². The maximum atomic E-state index is 13.6. The van der Waals surface area contributed by atoms with E-state index in [9.17, 15) is 24.2 Å². The molecular formula is C28H32FN3O5. The van der Waals surface area contributed by atoms with E-state index in [4.69, 9.17) is 5.11 Å². The zero-order chi connectivity index (χ0) is 27.1. The monoisotopic (exact) mass is 509 g/mol. The molecule has 2 aromatic carbocycles. The molecule has 0 bridgehead atoms. The van der Waals surface area contributed by atoms with Crippen LogP contribution in [0.5, 0.6) is 0 Å². The average molecular weight is 510 g/mol. The molecule has 0 fully saturated rings. The summed E-state index contributed by atoms with van der Waals surface area (Å²) in [6, 6.07) is 13.4. The molecule has 8 nitrogen and oxygen atoms in total. The molecular weight excluding hydrogens is 477 g/mol. The zero-order valence-corrected chi connectivity index (χ0v) is 21.1. The summed E-state index contributed by atoms with van der Waals surface area (Å²) in [7, 11) is 0. The summed E-state index contributed by atoms with van der Waals surface area (Å²) in [5.74, 6) is -2.10. The number of halogens is 1. The number of nitrogens with zero attached hydrogens (tertiary/aromatic N) is 2. The molecule has 2 atom stereocenters. The number of aromatic nitrogens is 2. The highest BCUT2D eigenvalue weighted by atomic mass is 19.1. The van der Waals surface area contributed by atoms with Crippen molar-refractivity contribution in [3.8, 4) is 5.69 Å². The predicted molar refractivity (Wildman–Crippen MR) is 138 cm³/mol. The lowest BCUT2D eigenvalue weighted by molar-refractivity contribution is -0.139. The molecule has 0 saturated carbocycles. The van der Waals surface area contributed by atoms with Crippen LogP contribution in [-0.4, -0.2) is 49.2 Å². The van der Waals surface area contributed by atoms with Crippen LogP contribution in [-0.2, 0) is 11.3 Å². The predicted octanol–water partition coefficient (Wildman–Crippen LogP) is 3.97. The van der Waals surface area contributed by atoms with Gasteiger partial charge in [-0.25, -0.2) is 9.07 Å². The third-order valence-electron chi connectivity index (χ3n) is 5.92. The second-order valence-corrected chi connectivity index (χ2v) is 9.21. The van der Waals surface area contributed by atoms with Crippen molar-refractivity contribution in [2.24, 2.45) is 0 Å². The van der Waals surface area contributed by atoms with Crippen LogP contribution in [0.2, 0.25) is 0 Å². The maximum Gasteiger partial charge on any atom is 0.305 e. The molecule has 0 aliphatic carbocycles. The Kier molecular flexibility index (Phi) is 9.32. The number of aliphatic hydroxyl groups excluding tert-OH is 2. The van der Waals surface area contributed by atoms with Gasteiger partial charge in [-0.3, -0.25) is 9.59 Å². The first-order valence-corrected chi connectivity index (χ1v) is 12.0. The van der Waals surface area contributed by atoms with Gasteiger partial charge in [0.1, 0.15) is 5.82 Å². The molecule has 1 amide bonds. The molecule has 0 aliphatic rings. The first kappa shape index (κ1) is 27.8. The molecule has 1 aromatic heterocycles. The Morgan fingerprint density at radius 2 is 1.78 bits per heavy atom. The van der Waals surface area contributed by atoms with Crippen LogP contribution in [0, 0.1) is 12.7 Å². The summed E-state index contributed by atoms with van der Waals surface area (Å²) in [5, 5.41) is 36.6. The number of hydrogen-bond acceptors (Lipinski definition) is 5. The number of amides is 1. The second-order valence-electron chi connectivity index (χ2n) is 9.21. The number of nitrogens with one attached hydrogen (secondary N) is 1. The fourth-order valence-corrected chi connectivity index (χ4v) is 4.03. The zero-order valence-electron chi connectivity index (χ0n) is 21.1. The molecule has 196 valence electrons. The van der Waals surface area contributed by atoms with Crippen LogP contribution in [0.25, 0.3) is 11.8 Å².